The Morgan fingerprint density at radius 3 is 2.45 bits per heavy atom. The largest absolute Gasteiger partial charge is 0.491 e. The average Bonchev–Trinajstić information content (AvgIpc) is 2.36. The molecule has 0 aliphatic rings. The molecule has 0 unspecified atom stereocenters. The van der Waals surface area contributed by atoms with Gasteiger partial charge in [0.1, 0.15) is 5.75 Å². The highest BCUT2D eigenvalue weighted by Gasteiger charge is 2.03. The monoisotopic (exact) mass is 279 g/mol. The van der Waals surface area contributed by atoms with Crippen molar-refractivity contribution in [1.82, 2.24) is 10.2 Å². The third-order valence-electron chi connectivity index (χ3n) is 2.53. The lowest BCUT2D eigenvalue weighted by Crippen LogP contribution is -2.33. The van der Waals surface area contributed by atoms with Crippen molar-refractivity contribution >= 4 is 11.6 Å². The van der Waals surface area contributed by atoms with Crippen LogP contribution in [-0.4, -0.2) is 50.6 Å². The Kier molecular flexibility index (Phi) is 7.04. The van der Waals surface area contributed by atoms with E-state index in [4.69, 9.17) is 4.74 Å². The van der Waals surface area contributed by atoms with E-state index < -0.39 is 0 Å². The van der Waals surface area contributed by atoms with Crippen LogP contribution in [0.4, 0.5) is 5.69 Å². The van der Waals surface area contributed by atoms with Gasteiger partial charge >= 0.3 is 0 Å². The van der Waals surface area contributed by atoms with Gasteiger partial charge in [0.2, 0.25) is 5.91 Å². The predicted octanol–water partition coefficient (Wildman–Crippen LogP) is 1.56. The van der Waals surface area contributed by atoms with Gasteiger partial charge in [-0.3, -0.25) is 4.79 Å². The van der Waals surface area contributed by atoms with Gasteiger partial charge < -0.3 is 20.3 Å². The maximum absolute atomic E-state index is 11.7. The van der Waals surface area contributed by atoms with E-state index in [9.17, 15) is 4.79 Å². The van der Waals surface area contributed by atoms with Crippen molar-refractivity contribution in [3.05, 3.63) is 24.3 Å². The Balaban J connectivity index is 2.31. The molecule has 0 aromatic heterocycles. The van der Waals surface area contributed by atoms with Crippen LogP contribution in [0, 0.1) is 0 Å². The number of anilines is 1. The van der Waals surface area contributed by atoms with Gasteiger partial charge in [0.15, 0.2) is 0 Å². The molecular weight excluding hydrogens is 254 g/mol. The second-order valence-electron chi connectivity index (χ2n) is 5.22. The quantitative estimate of drug-likeness (QED) is 0.709. The van der Waals surface area contributed by atoms with Crippen LogP contribution >= 0.6 is 0 Å². The molecular formula is C15H25N3O2. The molecule has 0 aliphatic carbocycles. The van der Waals surface area contributed by atoms with E-state index in [1.54, 1.807) is 0 Å². The first-order valence-electron chi connectivity index (χ1n) is 6.89. The first-order valence-corrected chi connectivity index (χ1v) is 6.89. The van der Waals surface area contributed by atoms with Crippen LogP contribution in [0.1, 0.15) is 13.8 Å². The van der Waals surface area contributed by atoms with Crippen molar-refractivity contribution in [2.24, 2.45) is 0 Å². The highest BCUT2D eigenvalue weighted by molar-refractivity contribution is 5.92. The first kappa shape index (κ1) is 16.5. The molecule has 1 aromatic rings. The maximum Gasteiger partial charge on any atom is 0.238 e. The normalized spacial score (nSPS) is 10.9. The van der Waals surface area contributed by atoms with Gasteiger partial charge in [0.25, 0.3) is 0 Å². The fourth-order valence-corrected chi connectivity index (χ4v) is 1.60. The van der Waals surface area contributed by atoms with Crippen molar-refractivity contribution in [3.63, 3.8) is 0 Å². The van der Waals surface area contributed by atoms with Gasteiger partial charge in [-0.25, -0.2) is 0 Å². The summed E-state index contributed by atoms with van der Waals surface area (Å²) in [5.41, 5.74) is 0.778. The number of nitrogens with one attached hydrogen (secondary N) is 2. The lowest BCUT2D eigenvalue weighted by Gasteiger charge is -2.12. The highest BCUT2D eigenvalue weighted by atomic mass is 16.5. The van der Waals surface area contributed by atoms with E-state index >= 15 is 0 Å². The molecule has 0 saturated heterocycles. The number of carbonyl (C=O) groups is 1. The zero-order valence-electron chi connectivity index (χ0n) is 12.8. The van der Waals surface area contributed by atoms with Crippen molar-refractivity contribution in [2.75, 3.05) is 39.0 Å². The van der Waals surface area contributed by atoms with E-state index in [2.05, 4.69) is 15.5 Å². The molecule has 0 atom stereocenters. The Hall–Kier alpha value is -1.59. The molecule has 5 nitrogen and oxygen atoms in total. The predicted molar refractivity (Wildman–Crippen MR) is 82.3 cm³/mol. The molecule has 0 saturated carbocycles. The molecule has 1 amide bonds. The Morgan fingerprint density at radius 1 is 1.25 bits per heavy atom. The molecule has 0 aliphatic heterocycles. The van der Waals surface area contributed by atoms with Crippen LogP contribution in [0.5, 0.6) is 5.75 Å². The van der Waals surface area contributed by atoms with Gasteiger partial charge in [-0.2, -0.15) is 0 Å². The maximum atomic E-state index is 11.7. The van der Waals surface area contributed by atoms with E-state index in [-0.39, 0.29) is 12.0 Å². The molecule has 0 bridgehead atoms. The average molecular weight is 279 g/mol. The number of hydrogen-bond donors (Lipinski definition) is 2. The van der Waals surface area contributed by atoms with Crippen LogP contribution in [0.2, 0.25) is 0 Å². The number of likely N-dealkylation sites (N-methyl/N-ethyl adjacent to an activating group) is 1. The number of nitrogens with zero attached hydrogens (tertiary/aromatic N) is 1. The highest BCUT2D eigenvalue weighted by Crippen LogP contribution is 2.16. The zero-order chi connectivity index (χ0) is 15.0. The molecule has 0 fully saturated rings. The molecule has 20 heavy (non-hydrogen) atoms. The third kappa shape index (κ3) is 7.11. The summed E-state index contributed by atoms with van der Waals surface area (Å²) in [6.45, 7) is 5.98. The summed E-state index contributed by atoms with van der Waals surface area (Å²) in [7, 11) is 4.01. The van der Waals surface area contributed by atoms with E-state index in [1.165, 1.54) is 0 Å². The third-order valence-corrected chi connectivity index (χ3v) is 2.53. The summed E-state index contributed by atoms with van der Waals surface area (Å²) in [4.78, 5) is 13.8. The van der Waals surface area contributed by atoms with Crippen LogP contribution in [-0.2, 0) is 4.79 Å². The minimum absolute atomic E-state index is 0.0405. The standard InChI is InChI=1S/C15H25N3O2/c1-12(2)20-14-7-5-13(6-8-14)17-15(19)11-16-9-10-18(3)4/h5-8,12,16H,9-11H2,1-4H3,(H,17,19). The van der Waals surface area contributed by atoms with E-state index in [0.717, 1.165) is 24.5 Å². The number of benzene rings is 1. The summed E-state index contributed by atoms with van der Waals surface area (Å²) in [6.07, 6.45) is 0.149. The zero-order valence-corrected chi connectivity index (χ0v) is 12.8. The van der Waals surface area contributed by atoms with Gasteiger partial charge in [-0.15, -0.1) is 0 Å². The molecule has 2 N–H and O–H groups in total. The number of rotatable bonds is 8. The number of amides is 1. The van der Waals surface area contributed by atoms with E-state index in [1.807, 2.05) is 52.2 Å². The molecule has 5 heteroatoms. The molecule has 0 spiro atoms. The van der Waals surface area contributed by atoms with Gasteiger partial charge in [-0.1, -0.05) is 0 Å². The van der Waals surface area contributed by atoms with E-state index in [0.29, 0.717) is 6.54 Å². The lowest BCUT2D eigenvalue weighted by molar-refractivity contribution is -0.115. The Morgan fingerprint density at radius 2 is 1.90 bits per heavy atom. The van der Waals surface area contributed by atoms with Crippen molar-refractivity contribution in [2.45, 2.75) is 20.0 Å². The topological polar surface area (TPSA) is 53.6 Å². The minimum atomic E-state index is -0.0405. The number of hydrogen-bond acceptors (Lipinski definition) is 4. The van der Waals surface area contributed by atoms with Crippen LogP contribution in [0.3, 0.4) is 0 Å². The molecule has 112 valence electrons. The summed E-state index contributed by atoms with van der Waals surface area (Å²) >= 11 is 0. The van der Waals surface area contributed by atoms with Crippen LogP contribution in [0.25, 0.3) is 0 Å². The van der Waals surface area contributed by atoms with Crippen LogP contribution in [0.15, 0.2) is 24.3 Å². The fraction of sp³-hybridized carbons (Fsp3) is 0.533. The second-order valence-corrected chi connectivity index (χ2v) is 5.22. The van der Waals surface area contributed by atoms with Gasteiger partial charge in [0, 0.05) is 18.8 Å². The number of ether oxygens (including phenoxy) is 1. The fourth-order valence-electron chi connectivity index (χ4n) is 1.60. The summed E-state index contributed by atoms with van der Waals surface area (Å²) in [5, 5.41) is 5.94. The van der Waals surface area contributed by atoms with Crippen molar-refractivity contribution < 1.29 is 9.53 Å². The summed E-state index contributed by atoms with van der Waals surface area (Å²) in [5.74, 6) is 0.767. The van der Waals surface area contributed by atoms with Gasteiger partial charge in [0.05, 0.1) is 12.6 Å². The van der Waals surface area contributed by atoms with Crippen molar-refractivity contribution in [1.29, 1.82) is 0 Å². The Labute approximate surface area is 121 Å². The molecule has 0 radical (unpaired) electrons. The summed E-state index contributed by atoms with van der Waals surface area (Å²) in [6, 6.07) is 7.40. The second kappa shape index (κ2) is 8.55. The smallest absolute Gasteiger partial charge is 0.238 e. The van der Waals surface area contributed by atoms with Crippen molar-refractivity contribution in [3.8, 4) is 5.75 Å². The molecule has 1 rings (SSSR count). The first-order chi connectivity index (χ1) is 9.47. The Bertz CT molecular complexity index is 402. The SMILES string of the molecule is CC(C)Oc1ccc(NC(=O)CNCCN(C)C)cc1. The molecule has 0 heterocycles. The van der Waals surface area contributed by atoms with Gasteiger partial charge in [-0.05, 0) is 52.2 Å². The number of carbonyl (C=O) groups excluding carboxylic acids is 1. The summed E-state index contributed by atoms with van der Waals surface area (Å²) < 4.78 is 5.55. The molecule has 1 aromatic carbocycles. The lowest BCUT2D eigenvalue weighted by atomic mass is 10.3. The van der Waals surface area contributed by atoms with Crippen LogP contribution < -0.4 is 15.4 Å². The minimum Gasteiger partial charge on any atom is -0.491 e.